The number of carbonyl (C=O) groups is 1. The normalized spacial score (nSPS) is 10.8. The van der Waals surface area contributed by atoms with E-state index in [1.54, 1.807) is 62.6 Å². The fraction of sp³-hybridized carbons (Fsp3) is 0.120. The Kier molecular flexibility index (Phi) is 5.78. The first-order chi connectivity index (χ1) is 15.0. The first-order valence-electron chi connectivity index (χ1n) is 9.62. The molecule has 0 aliphatic carbocycles. The van der Waals surface area contributed by atoms with Crippen molar-refractivity contribution in [1.29, 1.82) is 0 Å². The van der Waals surface area contributed by atoms with Crippen LogP contribution in [0.15, 0.2) is 75.9 Å². The maximum Gasteiger partial charge on any atom is 0.315 e. The molecule has 1 heterocycles. The molecule has 6 heteroatoms. The summed E-state index contributed by atoms with van der Waals surface area (Å²) in [4.78, 5) is 25.5. The van der Waals surface area contributed by atoms with Crippen LogP contribution in [0.1, 0.15) is 11.3 Å². The molecule has 1 aromatic heterocycles. The van der Waals surface area contributed by atoms with Crippen molar-refractivity contribution in [2.75, 3.05) is 7.11 Å². The summed E-state index contributed by atoms with van der Waals surface area (Å²) in [5.41, 5.74) is 2.06. The molecule has 4 rings (SSSR count). The molecule has 5 nitrogen and oxygen atoms in total. The number of methoxy groups -OCH3 is 1. The van der Waals surface area contributed by atoms with Gasteiger partial charge in [-0.2, -0.15) is 0 Å². The zero-order chi connectivity index (χ0) is 22.0. The first kappa shape index (κ1) is 20.7. The second-order valence-corrected chi connectivity index (χ2v) is 7.43. The lowest BCUT2D eigenvalue weighted by molar-refractivity contribution is -0.133. The summed E-state index contributed by atoms with van der Waals surface area (Å²) in [6.07, 6.45) is 0.102. The third-order valence-electron chi connectivity index (χ3n) is 4.91. The van der Waals surface area contributed by atoms with Gasteiger partial charge in [-0.3, -0.25) is 9.59 Å². The first-order valence-corrected chi connectivity index (χ1v) is 10.00. The summed E-state index contributed by atoms with van der Waals surface area (Å²) in [6.45, 7) is 1.72. The van der Waals surface area contributed by atoms with Gasteiger partial charge < -0.3 is 13.9 Å². The standard InChI is InChI=1S/C25H19ClO5/c1-15-24(19-5-3-4-6-21(19)29-2)25(28)20-12-11-18(14-22(20)30-15)31-23(27)13-16-7-9-17(26)10-8-16/h3-12,14H,13H2,1-2H3. The van der Waals surface area contributed by atoms with Gasteiger partial charge in [0.2, 0.25) is 5.43 Å². The number of hydrogen-bond donors (Lipinski definition) is 0. The van der Waals surface area contributed by atoms with Gasteiger partial charge in [0.1, 0.15) is 22.8 Å². The molecule has 0 bridgehead atoms. The molecule has 0 N–H and O–H groups in total. The van der Waals surface area contributed by atoms with Crippen LogP contribution in [0.5, 0.6) is 11.5 Å². The average molecular weight is 435 g/mol. The third-order valence-corrected chi connectivity index (χ3v) is 5.16. The molecule has 0 atom stereocenters. The van der Waals surface area contributed by atoms with Crippen molar-refractivity contribution in [2.24, 2.45) is 0 Å². The molecule has 4 aromatic rings. The Hall–Kier alpha value is -3.57. The number of carbonyl (C=O) groups excluding carboxylic acids is 1. The maximum atomic E-state index is 13.2. The Bertz CT molecular complexity index is 1320. The molecule has 0 aliphatic rings. The van der Waals surface area contributed by atoms with Crippen molar-refractivity contribution in [3.63, 3.8) is 0 Å². The van der Waals surface area contributed by atoms with Crippen LogP contribution in [-0.4, -0.2) is 13.1 Å². The topological polar surface area (TPSA) is 65.7 Å². The summed E-state index contributed by atoms with van der Waals surface area (Å²) in [5, 5.41) is 0.994. The summed E-state index contributed by atoms with van der Waals surface area (Å²) >= 11 is 5.87. The van der Waals surface area contributed by atoms with Crippen molar-refractivity contribution < 1.29 is 18.7 Å². The predicted octanol–water partition coefficient (Wildman–Crippen LogP) is 5.58. The lowest BCUT2D eigenvalue weighted by Crippen LogP contribution is -2.12. The van der Waals surface area contributed by atoms with Gasteiger partial charge in [-0.1, -0.05) is 41.9 Å². The Morgan fingerprint density at radius 3 is 2.52 bits per heavy atom. The molecule has 0 aliphatic heterocycles. The SMILES string of the molecule is COc1ccccc1-c1c(C)oc2cc(OC(=O)Cc3ccc(Cl)cc3)ccc2c1=O. The second kappa shape index (κ2) is 8.66. The van der Waals surface area contributed by atoms with E-state index >= 15 is 0 Å². The van der Waals surface area contributed by atoms with Crippen LogP contribution < -0.4 is 14.9 Å². The van der Waals surface area contributed by atoms with E-state index < -0.39 is 5.97 Å². The number of para-hydroxylation sites is 1. The molecule has 0 fully saturated rings. The Balaban J connectivity index is 1.65. The average Bonchev–Trinajstić information content (AvgIpc) is 2.75. The number of halogens is 1. The van der Waals surface area contributed by atoms with Crippen molar-refractivity contribution in [2.45, 2.75) is 13.3 Å². The predicted molar refractivity (Wildman–Crippen MR) is 120 cm³/mol. The zero-order valence-corrected chi connectivity index (χ0v) is 17.7. The molecule has 0 radical (unpaired) electrons. The third kappa shape index (κ3) is 4.32. The molecule has 0 spiro atoms. The zero-order valence-electron chi connectivity index (χ0n) is 17.0. The molecule has 31 heavy (non-hydrogen) atoms. The lowest BCUT2D eigenvalue weighted by atomic mass is 10.0. The number of hydrogen-bond acceptors (Lipinski definition) is 5. The van der Waals surface area contributed by atoms with E-state index in [4.69, 9.17) is 25.5 Å². The van der Waals surface area contributed by atoms with E-state index in [0.717, 1.165) is 5.56 Å². The van der Waals surface area contributed by atoms with Crippen molar-refractivity contribution in [3.8, 4) is 22.6 Å². The summed E-state index contributed by atoms with van der Waals surface area (Å²) in [6, 6.07) is 19.0. The molecule has 0 saturated carbocycles. The van der Waals surface area contributed by atoms with E-state index in [-0.39, 0.29) is 11.8 Å². The highest BCUT2D eigenvalue weighted by Gasteiger charge is 2.17. The van der Waals surface area contributed by atoms with Crippen molar-refractivity contribution in [3.05, 3.63) is 93.3 Å². The van der Waals surface area contributed by atoms with Crippen LogP contribution >= 0.6 is 11.6 Å². The van der Waals surface area contributed by atoms with Crippen LogP contribution in [-0.2, 0) is 11.2 Å². The van der Waals surface area contributed by atoms with Gasteiger partial charge in [-0.25, -0.2) is 0 Å². The number of ether oxygens (including phenoxy) is 2. The molecule has 156 valence electrons. The number of rotatable bonds is 5. The van der Waals surface area contributed by atoms with Crippen molar-refractivity contribution in [1.82, 2.24) is 0 Å². The van der Waals surface area contributed by atoms with E-state index in [9.17, 15) is 9.59 Å². The van der Waals surface area contributed by atoms with E-state index in [0.29, 0.717) is 44.4 Å². The van der Waals surface area contributed by atoms with Gasteiger partial charge in [0.25, 0.3) is 0 Å². The smallest absolute Gasteiger partial charge is 0.315 e. The Labute approximate surface area is 183 Å². The van der Waals surface area contributed by atoms with Gasteiger partial charge in [-0.05, 0) is 42.8 Å². The highest BCUT2D eigenvalue weighted by Crippen LogP contribution is 2.32. The number of esters is 1. The van der Waals surface area contributed by atoms with Crippen LogP contribution in [0.2, 0.25) is 5.02 Å². The minimum Gasteiger partial charge on any atom is -0.496 e. The van der Waals surface area contributed by atoms with Gasteiger partial charge in [-0.15, -0.1) is 0 Å². The molecular formula is C25H19ClO5. The molecule has 0 saturated heterocycles. The summed E-state index contributed by atoms with van der Waals surface area (Å²) in [5.74, 6) is 0.919. The van der Waals surface area contributed by atoms with Gasteiger partial charge in [0.05, 0.1) is 24.5 Å². The van der Waals surface area contributed by atoms with Gasteiger partial charge >= 0.3 is 5.97 Å². The summed E-state index contributed by atoms with van der Waals surface area (Å²) < 4.78 is 16.7. The maximum absolute atomic E-state index is 13.2. The fourth-order valence-corrected chi connectivity index (χ4v) is 3.57. The molecular weight excluding hydrogens is 416 g/mol. The van der Waals surface area contributed by atoms with Crippen LogP contribution in [0.25, 0.3) is 22.1 Å². The van der Waals surface area contributed by atoms with Gasteiger partial charge in [0.15, 0.2) is 0 Å². The van der Waals surface area contributed by atoms with E-state index in [1.807, 2.05) is 18.2 Å². The monoisotopic (exact) mass is 434 g/mol. The largest absolute Gasteiger partial charge is 0.496 e. The fourth-order valence-electron chi connectivity index (χ4n) is 3.45. The lowest BCUT2D eigenvalue weighted by Gasteiger charge is -2.11. The Morgan fingerprint density at radius 2 is 1.77 bits per heavy atom. The minimum atomic E-state index is -0.425. The van der Waals surface area contributed by atoms with E-state index in [2.05, 4.69) is 0 Å². The molecule has 0 amide bonds. The number of aryl methyl sites for hydroxylation is 1. The second-order valence-electron chi connectivity index (χ2n) is 7.00. The quantitative estimate of drug-likeness (QED) is 0.303. The van der Waals surface area contributed by atoms with Gasteiger partial charge in [0, 0.05) is 16.7 Å². The van der Waals surface area contributed by atoms with E-state index in [1.165, 1.54) is 0 Å². The summed E-state index contributed by atoms with van der Waals surface area (Å²) in [7, 11) is 1.56. The number of benzene rings is 3. The minimum absolute atomic E-state index is 0.102. The van der Waals surface area contributed by atoms with Crippen molar-refractivity contribution >= 4 is 28.5 Å². The molecule has 0 unspecified atom stereocenters. The number of fused-ring (bicyclic) bond motifs is 1. The Morgan fingerprint density at radius 1 is 1.03 bits per heavy atom. The van der Waals surface area contributed by atoms with Crippen LogP contribution in [0.3, 0.4) is 0 Å². The highest BCUT2D eigenvalue weighted by molar-refractivity contribution is 6.30. The van der Waals surface area contributed by atoms with Crippen LogP contribution in [0, 0.1) is 6.92 Å². The molecule has 3 aromatic carbocycles. The highest BCUT2D eigenvalue weighted by atomic mass is 35.5. The van der Waals surface area contributed by atoms with Crippen LogP contribution in [0.4, 0.5) is 0 Å².